The van der Waals surface area contributed by atoms with E-state index in [9.17, 15) is 0 Å². The molecule has 0 amide bonds. The van der Waals surface area contributed by atoms with Gasteiger partial charge in [-0.3, -0.25) is 0 Å². The Hall–Kier alpha value is 0. The molecule has 0 radical (unpaired) electrons. The topological polar surface area (TPSA) is 0 Å². The lowest BCUT2D eigenvalue weighted by atomic mass is 9.71. The Bertz CT molecular complexity index is 512. The van der Waals surface area contributed by atoms with Gasteiger partial charge in [-0.15, -0.1) is 0 Å². The Labute approximate surface area is 226 Å². The average Bonchev–Trinajstić information content (AvgIpc) is 3.11. The maximum atomic E-state index is 1.58. The third-order valence-corrected chi connectivity index (χ3v) is 12.7. The smallest absolute Gasteiger partial charge is 0.0386 e. The van der Waals surface area contributed by atoms with Gasteiger partial charge < -0.3 is 0 Å². The van der Waals surface area contributed by atoms with Crippen LogP contribution in [-0.4, -0.2) is 0 Å². The van der Waals surface area contributed by atoms with Crippen molar-refractivity contribution in [2.24, 2.45) is 47.3 Å². The highest BCUT2D eigenvalue weighted by atomic mass is 14.4. The molecule has 9 fully saturated rings. The van der Waals surface area contributed by atoms with E-state index in [-0.39, 0.29) is 0 Å². The Morgan fingerprint density at radius 3 is 0.917 bits per heavy atom. The highest BCUT2D eigenvalue weighted by molar-refractivity contribution is 4.82. The highest BCUT2D eigenvalue weighted by Crippen LogP contribution is 2.43. The van der Waals surface area contributed by atoms with Crippen molar-refractivity contribution >= 4 is 0 Å². The number of fused-ring (bicyclic) bond motifs is 9. The molecule has 0 spiro atoms. The Morgan fingerprint density at radius 2 is 0.500 bits per heavy atom. The first-order valence-corrected chi connectivity index (χ1v) is 17.8. The zero-order chi connectivity index (χ0) is 24.4. The molecule has 36 heavy (non-hydrogen) atoms. The molecular formula is C36H64. The number of hydrogen-bond donors (Lipinski definition) is 0. The molecule has 0 aromatic rings. The summed E-state index contributed by atoms with van der Waals surface area (Å²) in [5, 5.41) is 0. The standard InChI is InChI=1S/4C9H16/c1-3-8-5-2-6-9(4-1)7-8;1-2-8-4-6-9(3-1)7-5-8;1-2-4-9-6-5-8(3-1)7-9;1-2-4-8-6-7-9(8)5-3-1/h4*8-9H,1-7H2. The van der Waals surface area contributed by atoms with E-state index >= 15 is 0 Å². The van der Waals surface area contributed by atoms with Crippen molar-refractivity contribution in [2.75, 3.05) is 0 Å². The van der Waals surface area contributed by atoms with Gasteiger partial charge in [0.2, 0.25) is 0 Å². The van der Waals surface area contributed by atoms with Crippen molar-refractivity contribution in [3.05, 3.63) is 0 Å². The molecule has 0 nitrogen and oxygen atoms in total. The second-order valence-corrected chi connectivity index (χ2v) is 15.2. The van der Waals surface area contributed by atoms with E-state index in [1.165, 1.54) is 63.2 Å². The summed E-state index contributed by atoms with van der Waals surface area (Å²) >= 11 is 0. The van der Waals surface area contributed by atoms with Crippen LogP contribution in [0.3, 0.4) is 0 Å². The first-order chi connectivity index (χ1) is 17.8. The van der Waals surface area contributed by atoms with Crippen LogP contribution in [0.1, 0.15) is 180 Å². The SMILES string of the molecule is C1CC2CCC(C1)CC2.C1CC2CCCC(C1)C2.C1CCC2CCC(C1)C2.C1CCC2CCC2CC1. The lowest BCUT2D eigenvalue weighted by molar-refractivity contribution is 0.165. The van der Waals surface area contributed by atoms with Crippen molar-refractivity contribution in [1.82, 2.24) is 0 Å². The van der Waals surface area contributed by atoms with Crippen LogP contribution in [0.5, 0.6) is 0 Å². The lowest BCUT2D eigenvalue weighted by Gasteiger charge is -2.35. The van der Waals surface area contributed by atoms with Crippen molar-refractivity contribution in [3.63, 3.8) is 0 Å². The van der Waals surface area contributed by atoms with E-state index in [2.05, 4.69) is 0 Å². The van der Waals surface area contributed by atoms with Gasteiger partial charge in [0.25, 0.3) is 0 Å². The summed E-state index contributed by atoms with van der Waals surface area (Å²) in [5.41, 5.74) is 0. The monoisotopic (exact) mass is 497 g/mol. The van der Waals surface area contributed by atoms with Crippen molar-refractivity contribution in [3.8, 4) is 0 Å². The second-order valence-electron chi connectivity index (χ2n) is 15.2. The maximum absolute atomic E-state index is 1.58. The molecule has 0 aliphatic heterocycles. The van der Waals surface area contributed by atoms with E-state index in [1.807, 2.05) is 0 Å². The molecule has 0 heteroatoms. The summed E-state index contributed by atoms with van der Waals surface area (Å²) in [6.07, 6.45) is 43.4. The van der Waals surface area contributed by atoms with Crippen molar-refractivity contribution < 1.29 is 0 Å². The number of hydrogen-bond acceptors (Lipinski definition) is 0. The quantitative estimate of drug-likeness (QED) is 0.313. The van der Waals surface area contributed by atoms with Gasteiger partial charge >= 0.3 is 0 Å². The fourth-order valence-electron chi connectivity index (χ4n) is 10.1. The Balaban J connectivity index is 0.0000000988. The summed E-state index contributed by atoms with van der Waals surface area (Å²) in [6.45, 7) is 0. The summed E-state index contributed by atoms with van der Waals surface area (Å²) < 4.78 is 0. The first kappa shape index (κ1) is 27.6. The zero-order valence-electron chi connectivity index (χ0n) is 24.4. The van der Waals surface area contributed by atoms with Gasteiger partial charge in [0.05, 0.1) is 0 Å². The van der Waals surface area contributed by atoms with E-state index in [0.29, 0.717) is 0 Å². The van der Waals surface area contributed by atoms with Crippen LogP contribution < -0.4 is 0 Å². The van der Waals surface area contributed by atoms with Crippen molar-refractivity contribution in [2.45, 2.75) is 180 Å². The summed E-state index contributed by atoms with van der Waals surface area (Å²) in [7, 11) is 0. The van der Waals surface area contributed by atoms with E-state index in [1.54, 1.807) is 128 Å². The fourth-order valence-corrected chi connectivity index (χ4v) is 10.1. The molecule has 6 bridgehead atoms. The minimum absolute atomic E-state index is 1.14. The molecule has 9 rings (SSSR count). The maximum Gasteiger partial charge on any atom is -0.0386 e. The molecule has 9 saturated carbocycles. The van der Waals surface area contributed by atoms with Gasteiger partial charge in [-0.2, -0.15) is 0 Å². The molecule has 0 N–H and O–H groups in total. The molecule has 0 saturated heterocycles. The lowest BCUT2D eigenvalue weighted by Crippen LogP contribution is -2.23. The van der Waals surface area contributed by atoms with Crippen LogP contribution in [0, 0.1) is 47.3 Å². The molecule has 0 aromatic heterocycles. The molecule has 208 valence electrons. The Kier molecular flexibility index (Phi) is 11.5. The normalized spacial score (nSPS) is 42.7. The molecule has 4 unspecified atom stereocenters. The fraction of sp³-hybridized carbons (Fsp3) is 1.00. The van der Waals surface area contributed by atoms with Gasteiger partial charge in [-0.1, -0.05) is 154 Å². The largest absolute Gasteiger partial charge is 0.0533 e. The average molecular weight is 497 g/mol. The van der Waals surface area contributed by atoms with Crippen LogP contribution in [0.4, 0.5) is 0 Å². The minimum Gasteiger partial charge on any atom is -0.0533 e. The van der Waals surface area contributed by atoms with Gasteiger partial charge in [-0.25, -0.2) is 0 Å². The summed E-state index contributed by atoms with van der Waals surface area (Å²) in [5.74, 6) is 9.23. The Morgan fingerprint density at radius 1 is 0.194 bits per heavy atom. The predicted molar refractivity (Wildman–Crippen MR) is 157 cm³/mol. The van der Waals surface area contributed by atoms with E-state index < -0.39 is 0 Å². The van der Waals surface area contributed by atoms with Crippen LogP contribution in [0.15, 0.2) is 0 Å². The molecule has 0 heterocycles. The summed E-state index contributed by atoms with van der Waals surface area (Å²) in [6, 6.07) is 0. The number of rotatable bonds is 0. The van der Waals surface area contributed by atoms with Gasteiger partial charge in [-0.05, 0) is 73.0 Å². The van der Waals surface area contributed by atoms with Crippen LogP contribution in [0.2, 0.25) is 0 Å². The van der Waals surface area contributed by atoms with Crippen molar-refractivity contribution in [1.29, 1.82) is 0 Å². The predicted octanol–water partition coefficient (Wildman–Crippen LogP) is 11.9. The molecule has 9 aliphatic rings. The van der Waals surface area contributed by atoms with Gasteiger partial charge in [0.1, 0.15) is 0 Å². The third-order valence-electron chi connectivity index (χ3n) is 12.7. The zero-order valence-corrected chi connectivity index (χ0v) is 24.4. The second kappa shape index (κ2) is 15.0. The molecular weight excluding hydrogens is 432 g/mol. The highest BCUT2D eigenvalue weighted by Gasteiger charge is 2.31. The summed E-state index contributed by atoms with van der Waals surface area (Å²) in [4.78, 5) is 0. The van der Waals surface area contributed by atoms with E-state index in [0.717, 1.165) is 35.5 Å². The van der Waals surface area contributed by atoms with Crippen LogP contribution in [-0.2, 0) is 0 Å². The molecule has 4 atom stereocenters. The van der Waals surface area contributed by atoms with Crippen LogP contribution in [0.25, 0.3) is 0 Å². The molecule has 9 aliphatic carbocycles. The van der Waals surface area contributed by atoms with E-state index in [4.69, 9.17) is 0 Å². The van der Waals surface area contributed by atoms with Gasteiger partial charge in [0, 0.05) is 0 Å². The van der Waals surface area contributed by atoms with Gasteiger partial charge in [0.15, 0.2) is 0 Å². The molecule has 0 aromatic carbocycles. The third kappa shape index (κ3) is 8.76. The first-order valence-electron chi connectivity index (χ1n) is 17.8. The minimum atomic E-state index is 1.14. The van der Waals surface area contributed by atoms with Crippen LogP contribution >= 0.6 is 0 Å².